The molecule has 0 saturated carbocycles. The molecule has 4 rings (SSSR count). The molecule has 0 N–H and O–H groups in total. The zero-order valence-corrected chi connectivity index (χ0v) is 14.2. The lowest BCUT2D eigenvalue weighted by Gasteiger charge is -2.34. The fourth-order valence-electron chi connectivity index (χ4n) is 2.96. The third-order valence-corrected chi connectivity index (χ3v) is 5.50. The van der Waals surface area contributed by atoms with E-state index in [4.69, 9.17) is 4.98 Å². The third kappa shape index (κ3) is 2.81. The molecule has 0 atom stereocenters. The standard InChI is InChI=1S/C14H20N8S/c1-11-12-13(19(2)18-11)17-14(23-12)21-6-3-20(4-7-21)5-8-22-10-15-9-16-22/h9-10H,3-8H2,1-2H3. The topological polar surface area (TPSA) is 67.9 Å². The van der Waals surface area contributed by atoms with E-state index < -0.39 is 0 Å². The SMILES string of the molecule is Cc1nn(C)c2nc(N3CCN(CCn4cncn4)CC3)sc12. The molecule has 1 fully saturated rings. The summed E-state index contributed by atoms with van der Waals surface area (Å²) in [6.45, 7) is 8.11. The molecule has 0 amide bonds. The predicted octanol–water partition coefficient (Wildman–Crippen LogP) is 0.752. The Morgan fingerprint density at radius 1 is 1.17 bits per heavy atom. The summed E-state index contributed by atoms with van der Waals surface area (Å²) < 4.78 is 4.96. The number of piperazine rings is 1. The summed E-state index contributed by atoms with van der Waals surface area (Å²) in [7, 11) is 1.96. The van der Waals surface area contributed by atoms with Crippen LogP contribution >= 0.6 is 11.3 Å². The first-order valence-electron chi connectivity index (χ1n) is 7.80. The summed E-state index contributed by atoms with van der Waals surface area (Å²) in [6, 6.07) is 0. The molecule has 0 radical (unpaired) electrons. The molecule has 3 aromatic heterocycles. The van der Waals surface area contributed by atoms with E-state index in [-0.39, 0.29) is 0 Å². The van der Waals surface area contributed by atoms with Gasteiger partial charge in [0, 0.05) is 39.8 Å². The van der Waals surface area contributed by atoms with Crippen molar-refractivity contribution < 1.29 is 0 Å². The minimum Gasteiger partial charge on any atom is -0.345 e. The van der Waals surface area contributed by atoms with Crippen LogP contribution in [0.3, 0.4) is 0 Å². The average molecular weight is 332 g/mol. The third-order valence-electron chi connectivity index (χ3n) is 4.29. The molecule has 1 aliphatic heterocycles. The Morgan fingerprint density at radius 3 is 2.70 bits per heavy atom. The maximum atomic E-state index is 4.77. The smallest absolute Gasteiger partial charge is 0.188 e. The summed E-state index contributed by atoms with van der Waals surface area (Å²) in [4.78, 5) is 13.6. The predicted molar refractivity (Wildman–Crippen MR) is 89.8 cm³/mol. The van der Waals surface area contributed by atoms with E-state index in [2.05, 4.69) is 25.0 Å². The molecule has 0 aliphatic carbocycles. The van der Waals surface area contributed by atoms with Gasteiger partial charge in [-0.2, -0.15) is 10.2 Å². The molecule has 23 heavy (non-hydrogen) atoms. The molecule has 0 aromatic carbocycles. The van der Waals surface area contributed by atoms with Gasteiger partial charge in [0.1, 0.15) is 12.7 Å². The number of hydrogen-bond donors (Lipinski definition) is 0. The quantitative estimate of drug-likeness (QED) is 0.702. The van der Waals surface area contributed by atoms with Crippen LogP contribution in [0.5, 0.6) is 0 Å². The summed E-state index contributed by atoms with van der Waals surface area (Å²) in [5.74, 6) is 0. The normalized spacial score (nSPS) is 16.5. The molecule has 1 saturated heterocycles. The molecular weight excluding hydrogens is 312 g/mol. The van der Waals surface area contributed by atoms with Crippen LogP contribution in [0.4, 0.5) is 5.13 Å². The van der Waals surface area contributed by atoms with Gasteiger partial charge in [0.05, 0.1) is 16.9 Å². The minimum atomic E-state index is 0.895. The molecule has 3 aromatic rings. The summed E-state index contributed by atoms with van der Waals surface area (Å²) >= 11 is 1.75. The molecule has 0 bridgehead atoms. The first-order chi connectivity index (χ1) is 11.2. The Labute approximate surface area is 138 Å². The zero-order chi connectivity index (χ0) is 15.8. The lowest BCUT2D eigenvalue weighted by molar-refractivity contribution is 0.244. The Bertz CT molecular complexity index is 747. The van der Waals surface area contributed by atoms with E-state index in [9.17, 15) is 0 Å². The van der Waals surface area contributed by atoms with E-state index in [1.807, 2.05) is 23.3 Å². The van der Waals surface area contributed by atoms with E-state index in [0.29, 0.717) is 0 Å². The second-order valence-electron chi connectivity index (χ2n) is 5.85. The van der Waals surface area contributed by atoms with Crippen LogP contribution in [0.25, 0.3) is 10.3 Å². The summed E-state index contributed by atoms with van der Waals surface area (Å²) in [5, 5.41) is 9.69. The van der Waals surface area contributed by atoms with Crippen molar-refractivity contribution in [2.45, 2.75) is 13.5 Å². The lowest BCUT2D eigenvalue weighted by atomic mass is 10.3. The van der Waals surface area contributed by atoms with Crippen molar-refractivity contribution in [1.82, 2.24) is 34.4 Å². The van der Waals surface area contributed by atoms with Crippen molar-refractivity contribution in [2.24, 2.45) is 7.05 Å². The lowest BCUT2D eigenvalue weighted by Crippen LogP contribution is -2.47. The number of aryl methyl sites for hydroxylation is 2. The number of thiazole rings is 1. The van der Waals surface area contributed by atoms with E-state index in [0.717, 1.165) is 55.7 Å². The Balaban J connectivity index is 1.37. The van der Waals surface area contributed by atoms with E-state index in [1.165, 1.54) is 4.70 Å². The molecule has 0 spiro atoms. The number of rotatable bonds is 4. The highest BCUT2D eigenvalue weighted by Gasteiger charge is 2.21. The Morgan fingerprint density at radius 2 is 2.00 bits per heavy atom. The molecule has 4 heterocycles. The van der Waals surface area contributed by atoms with Crippen LogP contribution in [-0.2, 0) is 13.6 Å². The van der Waals surface area contributed by atoms with Gasteiger partial charge < -0.3 is 4.90 Å². The van der Waals surface area contributed by atoms with Gasteiger partial charge in [0.25, 0.3) is 0 Å². The molecule has 8 nitrogen and oxygen atoms in total. The van der Waals surface area contributed by atoms with Crippen LogP contribution in [0.1, 0.15) is 5.69 Å². The highest BCUT2D eigenvalue weighted by molar-refractivity contribution is 7.22. The van der Waals surface area contributed by atoms with Crippen LogP contribution in [0.15, 0.2) is 12.7 Å². The fourth-order valence-corrected chi connectivity index (χ4v) is 4.05. The maximum absolute atomic E-state index is 4.77. The van der Waals surface area contributed by atoms with Gasteiger partial charge in [-0.05, 0) is 6.92 Å². The van der Waals surface area contributed by atoms with Crippen molar-refractivity contribution in [2.75, 3.05) is 37.6 Å². The van der Waals surface area contributed by atoms with Gasteiger partial charge in [-0.25, -0.2) is 14.6 Å². The molecule has 0 unspecified atom stereocenters. The number of aromatic nitrogens is 6. The van der Waals surface area contributed by atoms with Crippen molar-refractivity contribution in [3.05, 3.63) is 18.3 Å². The molecule has 1 aliphatic rings. The first kappa shape index (κ1) is 14.6. The maximum Gasteiger partial charge on any atom is 0.188 e. The van der Waals surface area contributed by atoms with Gasteiger partial charge in [0.15, 0.2) is 10.8 Å². The van der Waals surface area contributed by atoms with E-state index in [1.54, 1.807) is 24.0 Å². The van der Waals surface area contributed by atoms with Crippen LogP contribution in [-0.4, -0.2) is 67.2 Å². The monoisotopic (exact) mass is 332 g/mol. The molecule has 9 heteroatoms. The van der Waals surface area contributed by atoms with Crippen molar-refractivity contribution >= 4 is 26.8 Å². The summed E-state index contributed by atoms with van der Waals surface area (Å²) in [6.07, 6.45) is 3.36. The number of anilines is 1. The summed E-state index contributed by atoms with van der Waals surface area (Å²) in [5.41, 5.74) is 2.06. The zero-order valence-electron chi connectivity index (χ0n) is 13.4. The van der Waals surface area contributed by atoms with Crippen LogP contribution in [0, 0.1) is 6.92 Å². The number of nitrogens with zero attached hydrogens (tertiary/aromatic N) is 8. The van der Waals surface area contributed by atoms with Gasteiger partial charge in [-0.1, -0.05) is 11.3 Å². The van der Waals surface area contributed by atoms with Crippen molar-refractivity contribution in [3.8, 4) is 0 Å². The Hall–Kier alpha value is -2.00. The number of fused-ring (bicyclic) bond motifs is 1. The van der Waals surface area contributed by atoms with Gasteiger partial charge in [0.2, 0.25) is 0 Å². The minimum absolute atomic E-state index is 0.895. The molecular formula is C14H20N8S. The fraction of sp³-hybridized carbons (Fsp3) is 0.571. The van der Waals surface area contributed by atoms with E-state index >= 15 is 0 Å². The van der Waals surface area contributed by atoms with Gasteiger partial charge in [-0.15, -0.1) is 0 Å². The average Bonchev–Trinajstić information content (AvgIpc) is 3.27. The Kier molecular flexibility index (Phi) is 3.74. The molecule has 122 valence electrons. The number of hydrogen-bond acceptors (Lipinski definition) is 7. The highest BCUT2D eigenvalue weighted by atomic mass is 32.1. The van der Waals surface area contributed by atoms with Gasteiger partial charge >= 0.3 is 0 Å². The second-order valence-corrected chi connectivity index (χ2v) is 6.82. The van der Waals surface area contributed by atoms with Crippen molar-refractivity contribution in [1.29, 1.82) is 0 Å². The van der Waals surface area contributed by atoms with Crippen LogP contribution < -0.4 is 4.90 Å². The first-order valence-corrected chi connectivity index (χ1v) is 8.62. The van der Waals surface area contributed by atoms with Gasteiger partial charge in [-0.3, -0.25) is 9.58 Å². The van der Waals surface area contributed by atoms with Crippen molar-refractivity contribution in [3.63, 3.8) is 0 Å². The highest BCUT2D eigenvalue weighted by Crippen LogP contribution is 2.31. The van der Waals surface area contributed by atoms with Crippen LogP contribution in [0.2, 0.25) is 0 Å². The largest absolute Gasteiger partial charge is 0.345 e. The second kappa shape index (κ2) is 5.89.